The van der Waals surface area contributed by atoms with Crippen LogP contribution in [0.2, 0.25) is 4.34 Å². The lowest BCUT2D eigenvalue weighted by atomic mass is 10.1. The van der Waals surface area contributed by atoms with Crippen molar-refractivity contribution in [3.8, 4) is 22.0 Å². The molecule has 1 aromatic carbocycles. The summed E-state index contributed by atoms with van der Waals surface area (Å²) in [5.41, 5.74) is 1.24. The minimum absolute atomic E-state index is 0.157. The van der Waals surface area contributed by atoms with E-state index in [2.05, 4.69) is 0 Å². The summed E-state index contributed by atoms with van der Waals surface area (Å²) in [5.74, 6) is -0.309. The van der Waals surface area contributed by atoms with Crippen LogP contribution in [0.15, 0.2) is 46.9 Å². The predicted molar refractivity (Wildman–Crippen MR) is 83.8 cm³/mol. The Hall–Kier alpha value is -2.11. The van der Waals surface area contributed by atoms with Crippen LogP contribution in [0, 0.1) is 5.82 Å². The molecule has 0 fully saturated rings. The molecule has 3 aromatic rings. The van der Waals surface area contributed by atoms with E-state index in [0.29, 0.717) is 27.0 Å². The van der Waals surface area contributed by atoms with E-state index >= 15 is 0 Å². The number of carboxylic acids is 1. The first-order valence-electron chi connectivity index (χ1n) is 6.39. The average molecular weight is 337 g/mol. The molecule has 0 saturated heterocycles. The fourth-order valence-corrected chi connectivity index (χ4v) is 3.18. The normalized spacial score (nSPS) is 10.8. The fraction of sp³-hybridized carbons (Fsp3) is 0.0625. The van der Waals surface area contributed by atoms with Crippen molar-refractivity contribution in [3.05, 3.63) is 58.2 Å². The highest BCUT2D eigenvalue weighted by molar-refractivity contribution is 7.19. The van der Waals surface area contributed by atoms with E-state index in [1.807, 2.05) is 0 Å². The summed E-state index contributed by atoms with van der Waals surface area (Å²) in [6, 6.07) is 11.0. The van der Waals surface area contributed by atoms with Gasteiger partial charge >= 0.3 is 5.97 Å². The number of thiophene rings is 1. The summed E-state index contributed by atoms with van der Waals surface area (Å²) in [7, 11) is 0. The smallest absolute Gasteiger partial charge is 0.307 e. The van der Waals surface area contributed by atoms with Gasteiger partial charge in [0.2, 0.25) is 0 Å². The SMILES string of the molecule is O=C(O)Cc1cc(-c2ccc(F)cc2)oc1-c1ccc(Cl)s1. The van der Waals surface area contributed by atoms with Gasteiger partial charge in [0.1, 0.15) is 17.3 Å². The Morgan fingerprint density at radius 2 is 1.95 bits per heavy atom. The summed E-state index contributed by atoms with van der Waals surface area (Å²) in [6.07, 6.45) is -0.157. The number of furan rings is 1. The quantitative estimate of drug-likeness (QED) is 0.721. The lowest BCUT2D eigenvalue weighted by Crippen LogP contribution is -1.99. The lowest BCUT2D eigenvalue weighted by molar-refractivity contribution is -0.136. The minimum atomic E-state index is -0.949. The van der Waals surface area contributed by atoms with Crippen LogP contribution in [0.25, 0.3) is 22.0 Å². The van der Waals surface area contributed by atoms with E-state index in [0.717, 1.165) is 4.88 Å². The number of aliphatic carboxylic acids is 1. The summed E-state index contributed by atoms with van der Waals surface area (Å²) < 4.78 is 19.4. The Balaban J connectivity index is 2.07. The molecule has 3 rings (SSSR count). The molecule has 0 unspecified atom stereocenters. The molecular formula is C16H10ClFO3S. The van der Waals surface area contributed by atoms with Crippen LogP contribution in [0.5, 0.6) is 0 Å². The van der Waals surface area contributed by atoms with Crippen LogP contribution in [0.4, 0.5) is 4.39 Å². The van der Waals surface area contributed by atoms with Crippen molar-refractivity contribution >= 4 is 28.9 Å². The van der Waals surface area contributed by atoms with E-state index in [-0.39, 0.29) is 12.2 Å². The molecule has 3 nitrogen and oxygen atoms in total. The third-order valence-electron chi connectivity index (χ3n) is 3.08. The van der Waals surface area contributed by atoms with Crippen molar-refractivity contribution in [2.24, 2.45) is 0 Å². The summed E-state index contributed by atoms with van der Waals surface area (Å²) >= 11 is 7.24. The van der Waals surface area contributed by atoms with Crippen LogP contribution < -0.4 is 0 Å². The van der Waals surface area contributed by atoms with E-state index in [9.17, 15) is 9.18 Å². The lowest BCUT2D eigenvalue weighted by Gasteiger charge is -1.97. The van der Waals surface area contributed by atoms with E-state index in [1.54, 1.807) is 30.3 Å². The van der Waals surface area contributed by atoms with Gasteiger partial charge in [-0.2, -0.15) is 0 Å². The molecule has 1 N–H and O–H groups in total. The van der Waals surface area contributed by atoms with Crippen LogP contribution in [-0.2, 0) is 11.2 Å². The summed E-state index contributed by atoms with van der Waals surface area (Å²) in [5, 5.41) is 9.05. The Kier molecular flexibility index (Phi) is 4.00. The minimum Gasteiger partial charge on any atom is -0.481 e. The molecule has 0 aliphatic carbocycles. The van der Waals surface area contributed by atoms with Gasteiger partial charge in [-0.3, -0.25) is 4.79 Å². The van der Waals surface area contributed by atoms with Crippen molar-refractivity contribution in [2.45, 2.75) is 6.42 Å². The van der Waals surface area contributed by atoms with Crippen LogP contribution in [-0.4, -0.2) is 11.1 Å². The van der Waals surface area contributed by atoms with E-state index < -0.39 is 5.97 Å². The van der Waals surface area contributed by atoms with Gasteiger partial charge < -0.3 is 9.52 Å². The number of halogens is 2. The standard InChI is InChI=1S/C16H10ClFO3S/c17-14-6-5-13(22-14)16-10(8-15(19)20)7-12(21-16)9-1-3-11(18)4-2-9/h1-7H,8H2,(H,19,20). The number of rotatable bonds is 4. The van der Waals surface area contributed by atoms with Crippen molar-refractivity contribution in [1.29, 1.82) is 0 Å². The van der Waals surface area contributed by atoms with Crippen LogP contribution in [0.1, 0.15) is 5.56 Å². The zero-order chi connectivity index (χ0) is 15.7. The molecule has 2 aromatic heterocycles. The molecule has 22 heavy (non-hydrogen) atoms. The largest absolute Gasteiger partial charge is 0.481 e. The number of carbonyl (C=O) groups is 1. The average Bonchev–Trinajstić information content (AvgIpc) is 3.05. The second-order valence-corrected chi connectivity index (χ2v) is 6.36. The second kappa shape index (κ2) is 5.94. The predicted octanol–water partition coefficient (Wildman–Crippen LogP) is 5.09. The molecule has 0 aliphatic rings. The Morgan fingerprint density at radius 3 is 2.55 bits per heavy atom. The van der Waals surface area contributed by atoms with Gasteiger partial charge in [0.15, 0.2) is 0 Å². The Labute approximate surface area is 134 Å². The van der Waals surface area contributed by atoms with Crippen molar-refractivity contribution in [1.82, 2.24) is 0 Å². The maximum Gasteiger partial charge on any atom is 0.307 e. The third-order valence-corrected chi connectivity index (χ3v) is 4.31. The second-order valence-electron chi connectivity index (χ2n) is 4.65. The zero-order valence-electron chi connectivity index (χ0n) is 11.2. The van der Waals surface area contributed by atoms with Gasteiger partial charge in [-0.25, -0.2) is 4.39 Å². The van der Waals surface area contributed by atoms with Crippen molar-refractivity contribution in [3.63, 3.8) is 0 Å². The van der Waals surface area contributed by atoms with Crippen molar-refractivity contribution < 1.29 is 18.7 Å². The molecular weight excluding hydrogens is 327 g/mol. The third kappa shape index (κ3) is 3.05. The van der Waals surface area contributed by atoms with Crippen LogP contribution in [0.3, 0.4) is 0 Å². The molecule has 0 bridgehead atoms. The number of hydrogen-bond donors (Lipinski definition) is 1. The summed E-state index contributed by atoms with van der Waals surface area (Å²) in [6.45, 7) is 0. The molecule has 112 valence electrons. The van der Waals surface area contributed by atoms with Gasteiger partial charge in [0.25, 0.3) is 0 Å². The molecule has 0 atom stereocenters. The van der Waals surface area contributed by atoms with Gasteiger partial charge in [-0.15, -0.1) is 11.3 Å². The fourth-order valence-electron chi connectivity index (χ4n) is 2.12. The van der Waals surface area contributed by atoms with Gasteiger partial charge in [0.05, 0.1) is 15.6 Å². The molecule has 2 heterocycles. The molecule has 0 amide bonds. The first-order valence-corrected chi connectivity index (χ1v) is 7.58. The molecule has 6 heteroatoms. The highest BCUT2D eigenvalue weighted by Crippen LogP contribution is 2.38. The maximum absolute atomic E-state index is 13.0. The van der Waals surface area contributed by atoms with Gasteiger partial charge in [-0.05, 0) is 42.5 Å². The maximum atomic E-state index is 13.0. The molecule has 0 aliphatic heterocycles. The number of benzene rings is 1. The van der Waals surface area contributed by atoms with Crippen LogP contribution >= 0.6 is 22.9 Å². The van der Waals surface area contributed by atoms with Crippen molar-refractivity contribution in [2.75, 3.05) is 0 Å². The number of hydrogen-bond acceptors (Lipinski definition) is 3. The highest BCUT2D eigenvalue weighted by Gasteiger charge is 2.18. The zero-order valence-corrected chi connectivity index (χ0v) is 12.7. The van der Waals surface area contributed by atoms with Gasteiger partial charge in [0, 0.05) is 11.1 Å². The highest BCUT2D eigenvalue weighted by atomic mass is 35.5. The number of carboxylic acid groups (broad SMARTS) is 1. The first-order chi connectivity index (χ1) is 10.5. The van der Waals surface area contributed by atoms with E-state index in [4.69, 9.17) is 21.1 Å². The monoisotopic (exact) mass is 336 g/mol. The molecule has 0 spiro atoms. The topological polar surface area (TPSA) is 50.4 Å². The molecule has 0 saturated carbocycles. The first kappa shape index (κ1) is 14.8. The Bertz CT molecular complexity index is 820. The summed E-state index contributed by atoms with van der Waals surface area (Å²) in [4.78, 5) is 11.8. The Morgan fingerprint density at radius 1 is 1.23 bits per heavy atom. The molecule has 0 radical (unpaired) electrons. The van der Waals surface area contributed by atoms with E-state index in [1.165, 1.54) is 23.5 Å². The van der Waals surface area contributed by atoms with Gasteiger partial charge in [-0.1, -0.05) is 11.6 Å².